The number of benzene rings is 1. The number of carbonyl (C=O) groups excluding carboxylic acids is 2. The number of aliphatic carboxylic acids is 1. The van der Waals surface area contributed by atoms with Gasteiger partial charge in [-0.1, -0.05) is 29.8 Å². The first kappa shape index (κ1) is 18.0. The molecule has 0 saturated heterocycles. The first-order valence-corrected chi connectivity index (χ1v) is 8.52. The number of nitrogens with one attached hydrogen (secondary N) is 2. The van der Waals surface area contributed by atoms with Gasteiger partial charge in [-0.05, 0) is 44.2 Å². The zero-order chi connectivity index (χ0) is 18.9. The van der Waals surface area contributed by atoms with E-state index in [1.54, 1.807) is 19.1 Å². The molecule has 1 aromatic carbocycles. The summed E-state index contributed by atoms with van der Waals surface area (Å²) < 4.78 is 5.34. The summed E-state index contributed by atoms with van der Waals surface area (Å²) in [5.41, 5.74) is 4.56. The highest BCUT2D eigenvalue weighted by atomic mass is 16.5. The number of amides is 2. The van der Waals surface area contributed by atoms with E-state index >= 15 is 0 Å². The molecular weight excluding hydrogens is 336 g/mol. The number of carbonyl (C=O) groups is 3. The van der Waals surface area contributed by atoms with E-state index in [0.717, 1.165) is 5.56 Å². The van der Waals surface area contributed by atoms with E-state index in [0.29, 0.717) is 12.2 Å². The molecule has 2 bridgehead atoms. The molecule has 2 amide bonds. The number of carboxylic acid groups (broad SMARTS) is 1. The third kappa shape index (κ3) is 3.16. The molecule has 7 heteroatoms. The van der Waals surface area contributed by atoms with Gasteiger partial charge in [-0.2, -0.15) is 0 Å². The van der Waals surface area contributed by atoms with Gasteiger partial charge in [0.1, 0.15) is 5.75 Å². The molecule has 2 aliphatic rings. The van der Waals surface area contributed by atoms with E-state index in [1.165, 1.54) is 0 Å². The normalized spacial score (nSPS) is 28.6. The smallest absolute Gasteiger partial charge is 0.310 e. The maximum absolute atomic E-state index is 12.5. The van der Waals surface area contributed by atoms with Crippen molar-refractivity contribution in [2.75, 3.05) is 6.61 Å². The molecule has 26 heavy (non-hydrogen) atoms. The minimum Gasteiger partial charge on any atom is -0.484 e. The molecule has 7 nitrogen and oxygen atoms in total. The third-order valence-electron chi connectivity index (χ3n) is 5.42. The first-order chi connectivity index (χ1) is 12.3. The second kappa shape index (κ2) is 6.82. The lowest BCUT2D eigenvalue weighted by Gasteiger charge is -2.33. The highest BCUT2D eigenvalue weighted by Crippen LogP contribution is 2.56. The van der Waals surface area contributed by atoms with Crippen molar-refractivity contribution < 1.29 is 24.2 Å². The van der Waals surface area contributed by atoms with Crippen LogP contribution < -0.4 is 15.6 Å². The molecule has 0 heterocycles. The Bertz CT molecular complexity index is 758. The first-order valence-electron chi connectivity index (χ1n) is 8.52. The molecule has 3 N–H and O–H groups in total. The summed E-state index contributed by atoms with van der Waals surface area (Å²) in [6.07, 6.45) is 4.41. The Kier molecular flexibility index (Phi) is 4.71. The van der Waals surface area contributed by atoms with Gasteiger partial charge < -0.3 is 9.84 Å². The summed E-state index contributed by atoms with van der Waals surface area (Å²) in [4.78, 5) is 36.1. The number of fused-ring (bicyclic) bond motifs is 2. The number of hydrogen-bond acceptors (Lipinski definition) is 4. The Balaban J connectivity index is 1.53. The lowest BCUT2D eigenvalue weighted by Crippen LogP contribution is -2.52. The van der Waals surface area contributed by atoms with Crippen LogP contribution in [0.2, 0.25) is 0 Å². The minimum absolute atomic E-state index is 0.123. The Morgan fingerprint density at radius 3 is 2.54 bits per heavy atom. The fraction of sp³-hybridized carbons (Fsp3) is 0.421. The van der Waals surface area contributed by atoms with E-state index in [-0.39, 0.29) is 18.4 Å². The number of hydrogen-bond donors (Lipinski definition) is 3. The molecule has 138 valence electrons. The zero-order valence-electron chi connectivity index (χ0n) is 14.7. The summed E-state index contributed by atoms with van der Waals surface area (Å²) in [5, 5.41) is 9.60. The maximum atomic E-state index is 12.5. The van der Waals surface area contributed by atoms with Crippen LogP contribution in [0.5, 0.6) is 5.75 Å². The van der Waals surface area contributed by atoms with Crippen LogP contribution in [0.1, 0.15) is 18.9 Å². The minimum atomic E-state index is -1.16. The highest BCUT2D eigenvalue weighted by molar-refractivity contribution is 5.90. The fourth-order valence-electron chi connectivity index (χ4n) is 3.88. The molecule has 1 aromatic rings. The second-order valence-corrected chi connectivity index (χ2v) is 7.10. The van der Waals surface area contributed by atoms with E-state index < -0.39 is 29.1 Å². The molecule has 0 aromatic heterocycles. The van der Waals surface area contributed by atoms with Crippen molar-refractivity contribution in [3.8, 4) is 5.75 Å². The van der Waals surface area contributed by atoms with Gasteiger partial charge in [-0.3, -0.25) is 25.2 Å². The van der Waals surface area contributed by atoms with Crippen LogP contribution in [0, 0.1) is 30.1 Å². The highest BCUT2D eigenvalue weighted by Gasteiger charge is 2.60. The standard InChI is InChI=1S/C19H22N2O5/c1-11-3-7-14(8-4-11)26-10-15(22)20-21-17(23)16-12-5-6-13(9-12)19(16,2)18(24)25/h3-8,12-13,16H,9-10H2,1-2H3,(H,20,22)(H,21,23)(H,24,25)/t12-,13-,16+,19-/m0/s1. The van der Waals surface area contributed by atoms with Crippen molar-refractivity contribution >= 4 is 17.8 Å². The molecule has 1 saturated carbocycles. The van der Waals surface area contributed by atoms with Crippen LogP contribution in [0.3, 0.4) is 0 Å². The lowest BCUT2D eigenvalue weighted by molar-refractivity contribution is -0.156. The summed E-state index contributed by atoms with van der Waals surface area (Å²) in [7, 11) is 0. The van der Waals surface area contributed by atoms with Gasteiger partial charge in [0.2, 0.25) is 5.91 Å². The molecule has 2 aliphatic carbocycles. The SMILES string of the molecule is Cc1ccc(OCC(=O)NNC(=O)[C@H]2[C@H]3C=C[C@@H](C3)[C@]2(C)C(=O)O)cc1. The maximum Gasteiger partial charge on any atom is 0.310 e. The number of carboxylic acids is 1. The van der Waals surface area contributed by atoms with Crippen LogP contribution in [0.15, 0.2) is 36.4 Å². The van der Waals surface area contributed by atoms with Gasteiger partial charge in [0.25, 0.3) is 5.91 Å². The number of hydrazine groups is 1. The van der Waals surface area contributed by atoms with Crippen LogP contribution in [0.25, 0.3) is 0 Å². The quantitative estimate of drug-likeness (QED) is 0.546. The Morgan fingerprint density at radius 1 is 1.19 bits per heavy atom. The predicted molar refractivity (Wildman–Crippen MR) is 92.9 cm³/mol. The predicted octanol–water partition coefficient (Wildman–Crippen LogP) is 1.43. The van der Waals surface area contributed by atoms with Crippen LogP contribution >= 0.6 is 0 Å². The zero-order valence-corrected chi connectivity index (χ0v) is 14.7. The molecule has 0 radical (unpaired) electrons. The topological polar surface area (TPSA) is 105 Å². The van der Waals surface area contributed by atoms with Gasteiger partial charge >= 0.3 is 5.97 Å². The van der Waals surface area contributed by atoms with Gasteiger partial charge in [0.15, 0.2) is 6.61 Å². The van der Waals surface area contributed by atoms with E-state index in [1.807, 2.05) is 31.2 Å². The van der Waals surface area contributed by atoms with Crippen molar-refractivity contribution in [2.45, 2.75) is 20.3 Å². The van der Waals surface area contributed by atoms with E-state index in [9.17, 15) is 19.5 Å². The number of allylic oxidation sites excluding steroid dienone is 2. The number of rotatable bonds is 5. The van der Waals surface area contributed by atoms with E-state index in [2.05, 4.69) is 10.9 Å². The number of ether oxygens (including phenoxy) is 1. The Hall–Kier alpha value is -2.83. The van der Waals surface area contributed by atoms with Gasteiger partial charge in [0.05, 0.1) is 11.3 Å². The monoisotopic (exact) mass is 358 g/mol. The van der Waals surface area contributed by atoms with Crippen molar-refractivity contribution in [2.24, 2.45) is 23.2 Å². The summed E-state index contributed by atoms with van der Waals surface area (Å²) in [6.45, 7) is 3.29. The number of aryl methyl sites for hydroxylation is 1. The Morgan fingerprint density at radius 2 is 1.88 bits per heavy atom. The van der Waals surface area contributed by atoms with Crippen molar-refractivity contribution in [1.82, 2.24) is 10.9 Å². The molecule has 1 fully saturated rings. The van der Waals surface area contributed by atoms with Crippen LogP contribution in [0.4, 0.5) is 0 Å². The second-order valence-electron chi connectivity index (χ2n) is 7.10. The van der Waals surface area contributed by atoms with Crippen molar-refractivity contribution in [3.05, 3.63) is 42.0 Å². The molecule has 0 unspecified atom stereocenters. The van der Waals surface area contributed by atoms with E-state index in [4.69, 9.17) is 4.74 Å². The average molecular weight is 358 g/mol. The largest absolute Gasteiger partial charge is 0.484 e. The fourth-order valence-corrected chi connectivity index (χ4v) is 3.88. The van der Waals surface area contributed by atoms with Gasteiger partial charge in [-0.15, -0.1) is 0 Å². The third-order valence-corrected chi connectivity index (χ3v) is 5.42. The molecule has 0 spiro atoms. The lowest BCUT2D eigenvalue weighted by atomic mass is 9.69. The summed E-state index contributed by atoms with van der Waals surface area (Å²) in [5.74, 6) is -2.46. The molecule has 4 atom stereocenters. The molecular formula is C19H22N2O5. The van der Waals surface area contributed by atoms with Crippen molar-refractivity contribution in [1.29, 1.82) is 0 Å². The van der Waals surface area contributed by atoms with Crippen LogP contribution in [-0.4, -0.2) is 29.5 Å². The molecule has 3 rings (SSSR count). The molecule has 0 aliphatic heterocycles. The van der Waals surface area contributed by atoms with Crippen molar-refractivity contribution in [3.63, 3.8) is 0 Å². The average Bonchev–Trinajstić information content (AvgIpc) is 3.19. The Labute approximate surface area is 151 Å². The summed E-state index contributed by atoms with van der Waals surface area (Å²) >= 11 is 0. The van der Waals surface area contributed by atoms with Crippen LogP contribution in [-0.2, 0) is 14.4 Å². The van der Waals surface area contributed by atoms with Gasteiger partial charge in [0, 0.05) is 0 Å². The summed E-state index contributed by atoms with van der Waals surface area (Å²) in [6, 6.07) is 7.23. The van der Waals surface area contributed by atoms with Gasteiger partial charge in [-0.25, -0.2) is 0 Å².